The molecule has 22 heavy (non-hydrogen) atoms. The van der Waals surface area contributed by atoms with E-state index in [1.165, 1.54) is 0 Å². The minimum absolute atomic E-state index is 0.105. The zero-order chi connectivity index (χ0) is 15.5. The zero-order valence-corrected chi connectivity index (χ0v) is 12.5. The van der Waals surface area contributed by atoms with E-state index in [-0.39, 0.29) is 17.1 Å². The van der Waals surface area contributed by atoms with Gasteiger partial charge in [-0.25, -0.2) is 9.97 Å². The van der Waals surface area contributed by atoms with Crippen molar-refractivity contribution in [3.05, 3.63) is 58.8 Å². The molecule has 0 spiro atoms. The molecular formula is C14H14ClN7. The van der Waals surface area contributed by atoms with Gasteiger partial charge < -0.3 is 11.1 Å². The largest absolute Gasteiger partial charge is 0.368 e. The molecule has 0 aliphatic carbocycles. The topological polar surface area (TPSA) is 105 Å². The highest BCUT2D eigenvalue weighted by Crippen LogP contribution is 2.24. The minimum Gasteiger partial charge on any atom is -0.368 e. The van der Waals surface area contributed by atoms with E-state index in [2.05, 4.69) is 30.5 Å². The number of H-pyrrole nitrogens is 1. The van der Waals surface area contributed by atoms with Crippen molar-refractivity contribution in [3.8, 4) is 0 Å². The van der Waals surface area contributed by atoms with Gasteiger partial charge in [0.1, 0.15) is 22.8 Å². The molecule has 1 atom stereocenters. The number of hydrogen-bond acceptors (Lipinski definition) is 6. The molecule has 0 fully saturated rings. The number of nitrogens with one attached hydrogen (secondary N) is 2. The fraction of sp³-hybridized carbons (Fsp3) is 0.143. The van der Waals surface area contributed by atoms with Gasteiger partial charge in [-0.3, -0.25) is 5.10 Å². The lowest BCUT2D eigenvalue weighted by Gasteiger charge is -2.17. The maximum atomic E-state index is 5.92. The van der Waals surface area contributed by atoms with Crippen LogP contribution in [0.1, 0.15) is 23.3 Å². The van der Waals surface area contributed by atoms with Crippen LogP contribution in [0.2, 0.25) is 5.15 Å². The van der Waals surface area contributed by atoms with Gasteiger partial charge in [-0.15, -0.1) is 0 Å². The third kappa shape index (κ3) is 3.15. The maximum absolute atomic E-state index is 5.92. The van der Waals surface area contributed by atoms with Gasteiger partial charge in [-0.05, 0) is 12.5 Å². The van der Waals surface area contributed by atoms with Gasteiger partial charge in [0, 0.05) is 6.07 Å². The number of halogens is 1. The molecule has 0 aliphatic rings. The van der Waals surface area contributed by atoms with Gasteiger partial charge in [-0.1, -0.05) is 41.9 Å². The van der Waals surface area contributed by atoms with Crippen LogP contribution in [0, 0.1) is 6.92 Å². The minimum atomic E-state index is -0.281. The van der Waals surface area contributed by atoms with E-state index >= 15 is 0 Å². The van der Waals surface area contributed by atoms with Crippen LogP contribution in [-0.2, 0) is 0 Å². The number of aryl methyl sites for hydroxylation is 1. The predicted molar refractivity (Wildman–Crippen MR) is 84.5 cm³/mol. The molecule has 2 heterocycles. The molecule has 1 aromatic carbocycles. The molecule has 2 aromatic heterocycles. The number of nitrogens with two attached hydrogens (primary N) is 1. The van der Waals surface area contributed by atoms with Crippen LogP contribution < -0.4 is 11.1 Å². The molecule has 0 saturated carbocycles. The summed E-state index contributed by atoms with van der Waals surface area (Å²) in [6.45, 7) is 1.85. The van der Waals surface area contributed by atoms with Crippen molar-refractivity contribution in [3.63, 3.8) is 0 Å². The average Bonchev–Trinajstić information content (AvgIpc) is 2.91. The third-order valence-corrected chi connectivity index (χ3v) is 3.20. The van der Waals surface area contributed by atoms with Crippen LogP contribution >= 0.6 is 11.6 Å². The summed E-state index contributed by atoms with van der Waals surface area (Å²) >= 11 is 5.92. The van der Waals surface area contributed by atoms with Crippen molar-refractivity contribution in [2.24, 2.45) is 0 Å². The fourth-order valence-electron chi connectivity index (χ4n) is 2.09. The summed E-state index contributed by atoms with van der Waals surface area (Å²) < 4.78 is 0. The Balaban J connectivity index is 1.98. The second-order valence-electron chi connectivity index (χ2n) is 4.70. The van der Waals surface area contributed by atoms with Gasteiger partial charge >= 0.3 is 0 Å². The molecule has 0 aliphatic heterocycles. The number of aromatic nitrogens is 5. The normalized spacial score (nSPS) is 12.1. The Labute approximate surface area is 132 Å². The summed E-state index contributed by atoms with van der Waals surface area (Å²) in [5.74, 6) is 1.96. The highest BCUT2D eigenvalue weighted by molar-refractivity contribution is 6.29. The molecule has 3 aromatic rings. The van der Waals surface area contributed by atoms with Crippen LogP contribution in [0.4, 0.5) is 11.8 Å². The fourth-order valence-corrected chi connectivity index (χ4v) is 2.28. The first kappa shape index (κ1) is 14.3. The Morgan fingerprint density at radius 1 is 1.18 bits per heavy atom. The Bertz CT molecular complexity index is 752. The SMILES string of the molecule is Cc1nc(C(Nc2cc(Cl)nc(N)n2)c2ccccc2)n[nH]1. The summed E-state index contributed by atoms with van der Waals surface area (Å²) in [6.07, 6.45) is 0. The molecule has 0 saturated heterocycles. The van der Waals surface area contributed by atoms with E-state index in [4.69, 9.17) is 17.3 Å². The second kappa shape index (κ2) is 5.98. The number of rotatable bonds is 4. The van der Waals surface area contributed by atoms with Crippen molar-refractivity contribution in [1.82, 2.24) is 25.1 Å². The third-order valence-electron chi connectivity index (χ3n) is 3.01. The number of benzene rings is 1. The zero-order valence-electron chi connectivity index (χ0n) is 11.8. The lowest BCUT2D eigenvalue weighted by atomic mass is 10.1. The molecule has 3 rings (SSSR count). The van der Waals surface area contributed by atoms with Crippen molar-refractivity contribution in [2.75, 3.05) is 11.1 Å². The van der Waals surface area contributed by atoms with Gasteiger partial charge in [-0.2, -0.15) is 10.1 Å². The molecule has 0 amide bonds. The summed E-state index contributed by atoms with van der Waals surface area (Å²) in [5, 5.41) is 10.6. The number of nitrogens with zero attached hydrogens (tertiary/aromatic N) is 4. The van der Waals surface area contributed by atoms with E-state index in [0.29, 0.717) is 11.6 Å². The van der Waals surface area contributed by atoms with E-state index in [9.17, 15) is 0 Å². The van der Waals surface area contributed by atoms with E-state index < -0.39 is 0 Å². The molecule has 0 radical (unpaired) electrons. The first-order valence-corrected chi connectivity index (χ1v) is 7.00. The summed E-state index contributed by atoms with van der Waals surface area (Å²) in [5.41, 5.74) is 6.63. The van der Waals surface area contributed by atoms with Crippen molar-refractivity contribution < 1.29 is 0 Å². The van der Waals surface area contributed by atoms with E-state index in [0.717, 1.165) is 11.4 Å². The highest BCUT2D eigenvalue weighted by atomic mass is 35.5. The monoisotopic (exact) mass is 315 g/mol. The Morgan fingerprint density at radius 3 is 2.59 bits per heavy atom. The van der Waals surface area contributed by atoms with Crippen molar-refractivity contribution >= 4 is 23.4 Å². The van der Waals surface area contributed by atoms with Crippen molar-refractivity contribution in [1.29, 1.82) is 0 Å². The number of anilines is 2. The molecule has 8 heteroatoms. The molecule has 0 bridgehead atoms. The molecule has 7 nitrogen and oxygen atoms in total. The molecular weight excluding hydrogens is 302 g/mol. The lowest BCUT2D eigenvalue weighted by molar-refractivity contribution is 0.829. The van der Waals surface area contributed by atoms with E-state index in [1.807, 2.05) is 37.3 Å². The summed E-state index contributed by atoms with van der Waals surface area (Å²) in [4.78, 5) is 12.4. The quantitative estimate of drug-likeness (QED) is 0.638. The van der Waals surface area contributed by atoms with Gasteiger partial charge in [0.2, 0.25) is 5.95 Å². The molecule has 1 unspecified atom stereocenters. The number of nitrogen functional groups attached to an aromatic ring is 1. The molecule has 112 valence electrons. The van der Waals surface area contributed by atoms with E-state index in [1.54, 1.807) is 6.07 Å². The van der Waals surface area contributed by atoms with Crippen LogP contribution in [-0.4, -0.2) is 25.1 Å². The van der Waals surface area contributed by atoms with Crippen LogP contribution in [0.5, 0.6) is 0 Å². The number of hydrogen-bond donors (Lipinski definition) is 3. The summed E-state index contributed by atoms with van der Waals surface area (Å²) in [7, 11) is 0. The second-order valence-corrected chi connectivity index (χ2v) is 5.09. The Hall–Kier alpha value is -2.67. The molecule has 4 N–H and O–H groups in total. The Kier molecular flexibility index (Phi) is 3.88. The Morgan fingerprint density at radius 2 is 1.95 bits per heavy atom. The van der Waals surface area contributed by atoms with Crippen molar-refractivity contribution in [2.45, 2.75) is 13.0 Å². The van der Waals surface area contributed by atoms with Crippen LogP contribution in [0.15, 0.2) is 36.4 Å². The van der Waals surface area contributed by atoms with Crippen LogP contribution in [0.3, 0.4) is 0 Å². The highest BCUT2D eigenvalue weighted by Gasteiger charge is 2.19. The summed E-state index contributed by atoms with van der Waals surface area (Å²) in [6, 6.07) is 11.1. The van der Waals surface area contributed by atoms with Crippen LogP contribution in [0.25, 0.3) is 0 Å². The number of aromatic amines is 1. The first-order valence-electron chi connectivity index (χ1n) is 6.62. The standard InChI is InChI=1S/C14H14ClN7/c1-8-17-13(22-21-8)12(9-5-3-2-4-6-9)19-11-7-10(15)18-14(16)20-11/h2-7,12H,1H3,(H,17,21,22)(H3,16,18,19,20). The lowest BCUT2D eigenvalue weighted by Crippen LogP contribution is -2.15. The van der Waals surface area contributed by atoms with Gasteiger partial charge in [0.25, 0.3) is 0 Å². The predicted octanol–water partition coefficient (Wildman–Crippen LogP) is 2.34. The maximum Gasteiger partial charge on any atom is 0.223 e. The smallest absolute Gasteiger partial charge is 0.223 e. The van der Waals surface area contributed by atoms with Gasteiger partial charge in [0.05, 0.1) is 0 Å². The first-order chi connectivity index (χ1) is 10.6. The average molecular weight is 316 g/mol. The van der Waals surface area contributed by atoms with Gasteiger partial charge in [0.15, 0.2) is 5.82 Å².